The highest BCUT2D eigenvalue weighted by Gasteiger charge is 2.20. The summed E-state index contributed by atoms with van der Waals surface area (Å²) in [4.78, 5) is -0.843. The molecule has 0 aliphatic rings. The summed E-state index contributed by atoms with van der Waals surface area (Å²) in [6, 6.07) is 1.18. The first-order valence-electron chi connectivity index (χ1n) is 4.48. The summed E-state index contributed by atoms with van der Waals surface area (Å²) in [5.74, 6) is 2.37. The van der Waals surface area contributed by atoms with Crippen LogP contribution in [0, 0.1) is 23.5 Å². The van der Waals surface area contributed by atoms with Gasteiger partial charge in [0.2, 0.25) is 10.0 Å². The summed E-state index contributed by atoms with van der Waals surface area (Å²) in [6.07, 6.45) is 0.0577. The third-order valence-electron chi connectivity index (χ3n) is 1.75. The van der Waals surface area contributed by atoms with Gasteiger partial charge < -0.3 is 5.11 Å². The number of halogens is 2. The summed E-state index contributed by atoms with van der Waals surface area (Å²) in [5.41, 5.74) is -0.363. The molecule has 0 spiro atoms. The van der Waals surface area contributed by atoms with Gasteiger partial charge in [0.15, 0.2) is 0 Å². The van der Waals surface area contributed by atoms with Crippen LogP contribution in [-0.2, 0) is 10.0 Å². The molecule has 3 N–H and O–H groups in total. The molecule has 4 nitrogen and oxygen atoms in total. The Kier molecular flexibility index (Phi) is 4.17. The van der Waals surface area contributed by atoms with Gasteiger partial charge in [-0.25, -0.2) is 22.3 Å². The second kappa shape index (κ2) is 5.23. The number of aliphatic hydroxyl groups is 1. The van der Waals surface area contributed by atoms with Gasteiger partial charge in [-0.1, -0.05) is 11.8 Å². The SMILES string of the molecule is NS(=O)(=O)c1c(F)cc(F)cc1C#CCCO. The lowest BCUT2D eigenvalue weighted by Crippen LogP contribution is -2.16. The molecule has 0 atom stereocenters. The van der Waals surface area contributed by atoms with E-state index in [1.54, 1.807) is 0 Å². The Bertz CT molecular complexity index is 588. The largest absolute Gasteiger partial charge is 0.395 e. The second-order valence-corrected chi connectivity index (χ2v) is 4.58. The van der Waals surface area contributed by atoms with Gasteiger partial charge in [0.05, 0.1) is 12.2 Å². The molecule has 0 heterocycles. The Morgan fingerprint density at radius 3 is 2.53 bits per heavy atom. The van der Waals surface area contributed by atoms with Crippen LogP contribution in [0.25, 0.3) is 0 Å². The molecular weight excluding hydrogens is 252 g/mol. The van der Waals surface area contributed by atoms with Crippen LogP contribution in [0.2, 0.25) is 0 Å². The van der Waals surface area contributed by atoms with Crippen molar-refractivity contribution in [2.75, 3.05) is 6.61 Å². The number of sulfonamides is 1. The summed E-state index contributed by atoms with van der Waals surface area (Å²) in [7, 11) is -4.32. The van der Waals surface area contributed by atoms with E-state index in [4.69, 9.17) is 10.2 Å². The number of hydrogen-bond acceptors (Lipinski definition) is 3. The molecule has 1 aromatic rings. The van der Waals surface area contributed by atoms with Crippen LogP contribution >= 0.6 is 0 Å². The summed E-state index contributed by atoms with van der Waals surface area (Å²) >= 11 is 0. The molecule has 0 amide bonds. The first-order valence-corrected chi connectivity index (χ1v) is 6.02. The van der Waals surface area contributed by atoms with E-state index in [0.717, 1.165) is 6.07 Å². The first-order chi connectivity index (χ1) is 7.86. The van der Waals surface area contributed by atoms with Gasteiger partial charge in [0.25, 0.3) is 0 Å². The minimum Gasteiger partial charge on any atom is -0.395 e. The maximum atomic E-state index is 13.3. The molecule has 0 saturated carbocycles. The zero-order valence-corrected chi connectivity index (χ0v) is 9.39. The van der Waals surface area contributed by atoms with Crippen LogP contribution in [-0.4, -0.2) is 20.1 Å². The van der Waals surface area contributed by atoms with Crippen molar-refractivity contribution in [2.24, 2.45) is 5.14 Å². The molecule has 92 valence electrons. The highest BCUT2D eigenvalue weighted by molar-refractivity contribution is 7.89. The van der Waals surface area contributed by atoms with Crippen LogP contribution < -0.4 is 5.14 Å². The van der Waals surface area contributed by atoms with Crippen molar-refractivity contribution in [2.45, 2.75) is 11.3 Å². The van der Waals surface area contributed by atoms with Crippen LogP contribution in [0.5, 0.6) is 0 Å². The van der Waals surface area contributed by atoms with E-state index >= 15 is 0 Å². The molecular formula is C10H9F2NO3S. The third kappa shape index (κ3) is 3.49. The van der Waals surface area contributed by atoms with Crippen molar-refractivity contribution in [3.05, 3.63) is 29.3 Å². The number of nitrogens with two attached hydrogens (primary N) is 1. The van der Waals surface area contributed by atoms with Crippen LogP contribution in [0.15, 0.2) is 17.0 Å². The Labute approximate surface area is 97.1 Å². The van der Waals surface area contributed by atoms with E-state index in [1.807, 2.05) is 0 Å². The lowest BCUT2D eigenvalue weighted by Gasteiger charge is -2.03. The van der Waals surface area contributed by atoms with Gasteiger partial charge in [0, 0.05) is 12.5 Å². The molecule has 0 aromatic heterocycles. The Balaban J connectivity index is 3.43. The van der Waals surface area contributed by atoms with E-state index in [2.05, 4.69) is 11.8 Å². The van der Waals surface area contributed by atoms with Gasteiger partial charge in [-0.15, -0.1) is 0 Å². The summed E-state index contributed by atoms with van der Waals surface area (Å²) in [5, 5.41) is 13.3. The normalized spacial score (nSPS) is 10.8. The van der Waals surface area contributed by atoms with E-state index in [1.165, 1.54) is 0 Å². The van der Waals surface area contributed by atoms with E-state index in [0.29, 0.717) is 6.07 Å². The van der Waals surface area contributed by atoms with Crippen molar-refractivity contribution >= 4 is 10.0 Å². The average molecular weight is 261 g/mol. The van der Waals surface area contributed by atoms with Gasteiger partial charge in [-0.05, 0) is 6.07 Å². The fourth-order valence-electron chi connectivity index (χ4n) is 1.16. The number of primary sulfonamides is 1. The van der Waals surface area contributed by atoms with Crippen LogP contribution in [0.3, 0.4) is 0 Å². The van der Waals surface area contributed by atoms with Gasteiger partial charge >= 0.3 is 0 Å². The first kappa shape index (κ1) is 13.6. The minimum absolute atomic E-state index is 0.0577. The van der Waals surface area contributed by atoms with E-state index in [-0.39, 0.29) is 18.6 Å². The molecule has 0 unspecified atom stereocenters. The molecule has 17 heavy (non-hydrogen) atoms. The third-order valence-corrected chi connectivity index (χ3v) is 2.74. The van der Waals surface area contributed by atoms with Crippen molar-refractivity contribution in [3.63, 3.8) is 0 Å². The molecule has 0 fully saturated rings. The minimum atomic E-state index is -4.32. The lowest BCUT2D eigenvalue weighted by molar-refractivity contribution is 0.305. The maximum Gasteiger partial charge on any atom is 0.242 e. The fourth-order valence-corrected chi connectivity index (χ4v) is 1.90. The molecule has 0 aliphatic carbocycles. The molecule has 0 radical (unpaired) electrons. The standard InChI is InChI=1S/C10H9F2NO3S/c11-8-5-7(3-1-2-4-14)10(9(12)6-8)17(13,15)16/h5-6,14H,2,4H2,(H2,13,15,16). The Hall–Kier alpha value is -1.49. The average Bonchev–Trinajstić information content (AvgIpc) is 2.14. The van der Waals surface area contributed by atoms with E-state index in [9.17, 15) is 17.2 Å². The number of aliphatic hydroxyl groups excluding tert-OH is 1. The van der Waals surface area contributed by atoms with Crippen molar-refractivity contribution in [1.82, 2.24) is 0 Å². The molecule has 1 rings (SSSR count). The number of hydrogen-bond donors (Lipinski definition) is 2. The molecule has 7 heteroatoms. The van der Waals surface area contributed by atoms with E-state index < -0.39 is 26.6 Å². The zero-order chi connectivity index (χ0) is 13.1. The highest BCUT2D eigenvalue weighted by Crippen LogP contribution is 2.19. The molecule has 1 aromatic carbocycles. The van der Waals surface area contributed by atoms with Crippen LogP contribution in [0.4, 0.5) is 8.78 Å². The quantitative estimate of drug-likeness (QED) is 0.754. The number of rotatable bonds is 2. The smallest absolute Gasteiger partial charge is 0.242 e. The Morgan fingerprint density at radius 2 is 2.00 bits per heavy atom. The predicted molar refractivity (Wildman–Crippen MR) is 56.3 cm³/mol. The second-order valence-electron chi connectivity index (χ2n) is 3.08. The molecule has 0 aliphatic heterocycles. The zero-order valence-electron chi connectivity index (χ0n) is 8.57. The van der Waals surface area contributed by atoms with Crippen molar-refractivity contribution in [3.8, 4) is 11.8 Å². The Morgan fingerprint density at radius 1 is 1.35 bits per heavy atom. The summed E-state index contributed by atoms with van der Waals surface area (Å²) < 4.78 is 48.4. The number of benzene rings is 1. The highest BCUT2D eigenvalue weighted by atomic mass is 32.2. The molecule has 0 bridgehead atoms. The van der Waals surface area contributed by atoms with Gasteiger partial charge in [-0.2, -0.15) is 0 Å². The van der Waals surface area contributed by atoms with Crippen molar-refractivity contribution < 1.29 is 22.3 Å². The topological polar surface area (TPSA) is 80.4 Å². The van der Waals surface area contributed by atoms with Crippen molar-refractivity contribution in [1.29, 1.82) is 0 Å². The van der Waals surface area contributed by atoms with Gasteiger partial charge in [0.1, 0.15) is 16.5 Å². The lowest BCUT2D eigenvalue weighted by atomic mass is 10.2. The van der Waals surface area contributed by atoms with Gasteiger partial charge in [-0.3, -0.25) is 0 Å². The monoisotopic (exact) mass is 261 g/mol. The molecule has 0 saturated heterocycles. The van der Waals surface area contributed by atoms with Crippen LogP contribution in [0.1, 0.15) is 12.0 Å². The summed E-state index contributed by atoms with van der Waals surface area (Å²) in [6.45, 7) is -0.241. The fraction of sp³-hybridized carbons (Fsp3) is 0.200. The predicted octanol–water partition coefficient (Wildman–Crippen LogP) is 0.346. The maximum absolute atomic E-state index is 13.3.